The summed E-state index contributed by atoms with van der Waals surface area (Å²) in [6.07, 6.45) is 0. The number of hydrogen-bond donors (Lipinski definition) is 0. The third kappa shape index (κ3) is 3.45. The van der Waals surface area contributed by atoms with Crippen molar-refractivity contribution in [3.63, 3.8) is 0 Å². The van der Waals surface area contributed by atoms with E-state index < -0.39 is 21.6 Å². The minimum Gasteiger partial charge on any atom is -0.455 e. The molecule has 1 aromatic carbocycles. The molecule has 0 fully saturated rings. The number of aromatic nitrogens is 2. The molecule has 0 N–H and O–H groups in total. The van der Waals surface area contributed by atoms with Crippen LogP contribution in [0.1, 0.15) is 31.3 Å². The van der Waals surface area contributed by atoms with Crippen LogP contribution < -0.4 is 0 Å². The van der Waals surface area contributed by atoms with Gasteiger partial charge in [0.2, 0.25) is 0 Å². The van der Waals surface area contributed by atoms with Crippen molar-refractivity contribution in [3.05, 3.63) is 59.4 Å². The smallest absolute Gasteiger partial charge is 0.356 e. The molecule has 3 aromatic rings. The molecule has 0 aliphatic heterocycles. The highest BCUT2D eigenvalue weighted by molar-refractivity contribution is 7.90. The number of nitrogens with zero attached hydrogens (tertiary/aromatic N) is 2. The van der Waals surface area contributed by atoms with Crippen LogP contribution in [-0.4, -0.2) is 28.9 Å². The van der Waals surface area contributed by atoms with E-state index in [2.05, 4.69) is 4.98 Å². The topological polar surface area (TPSA) is 78.3 Å². The molecule has 0 spiro atoms. The summed E-state index contributed by atoms with van der Waals surface area (Å²) in [6.45, 7) is 5.12. The van der Waals surface area contributed by atoms with E-state index in [1.54, 1.807) is 39.0 Å². The van der Waals surface area contributed by atoms with Crippen LogP contribution >= 0.6 is 11.6 Å². The Kier molecular flexibility index (Phi) is 4.54. The summed E-state index contributed by atoms with van der Waals surface area (Å²) in [7, 11) is -4.03. The van der Waals surface area contributed by atoms with Gasteiger partial charge < -0.3 is 4.74 Å². The van der Waals surface area contributed by atoms with Gasteiger partial charge in [0.05, 0.1) is 15.9 Å². The normalized spacial score (nSPS) is 12.3. The summed E-state index contributed by atoms with van der Waals surface area (Å²) in [4.78, 5) is 16.8. The van der Waals surface area contributed by atoms with Crippen LogP contribution in [0.2, 0.25) is 5.15 Å². The summed E-state index contributed by atoms with van der Waals surface area (Å²) in [5.41, 5.74) is -0.370. The third-order valence-corrected chi connectivity index (χ3v) is 5.42. The first kappa shape index (κ1) is 18.4. The molecule has 0 aliphatic carbocycles. The summed E-state index contributed by atoms with van der Waals surface area (Å²) in [5.74, 6) is -0.758. The number of pyridine rings is 1. The van der Waals surface area contributed by atoms with Gasteiger partial charge in [-0.3, -0.25) is 0 Å². The lowest BCUT2D eigenvalue weighted by molar-refractivity contribution is 0.00620. The molecular weight excluding hydrogens is 376 g/mol. The van der Waals surface area contributed by atoms with Gasteiger partial charge in [-0.15, -0.1) is 0 Å². The molecule has 0 saturated carbocycles. The van der Waals surface area contributed by atoms with E-state index in [1.807, 2.05) is 0 Å². The molecule has 6 nitrogen and oxygen atoms in total. The van der Waals surface area contributed by atoms with E-state index in [-0.39, 0.29) is 26.8 Å². The van der Waals surface area contributed by atoms with E-state index in [9.17, 15) is 13.2 Å². The fraction of sp³-hybridized carbons (Fsp3) is 0.222. The minimum absolute atomic E-state index is 0.0530. The van der Waals surface area contributed by atoms with E-state index in [1.165, 1.54) is 30.3 Å². The Morgan fingerprint density at radius 2 is 1.77 bits per heavy atom. The number of rotatable bonds is 3. The molecule has 0 bridgehead atoms. The molecule has 0 aliphatic rings. The van der Waals surface area contributed by atoms with Gasteiger partial charge in [-0.1, -0.05) is 29.8 Å². The van der Waals surface area contributed by atoms with Crippen molar-refractivity contribution in [2.75, 3.05) is 0 Å². The number of ether oxygens (including phenoxy) is 1. The Bertz CT molecular complexity index is 1080. The van der Waals surface area contributed by atoms with Crippen LogP contribution in [-0.2, 0) is 14.8 Å². The summed E-state index contributed by atoms with van der Waals surface area (Å²) in [6, 6.07) is 12.2. The second-order valence-electron chi connectivity index (χ2n) is 6.65. The molecule has 0 radical (unpaired) electrons. The van der Waals surface area contributed by atoms with Crippen LogP contribution in [0, 0.1) is 0 Å². The van der Waals surface area contributed by atoms with Crippen molar-refractivity contribution in [3.8, 4) is 0 Å². The van der Waals surface area contributed by atoms with Crippen LogP contribution in [0.4, 0.5) is 0 Å². The Hall–Kier alpha value is -2.38. The number of benzene rings is 1. The highest BCUT2D eigenvalue weighted by Gasteiger charge is 2.29. The lowest BCUT2D eigenvalue weighted by atomic mass is 10.2. The van der Waals surface area contributed by atoms with Gasteiger partial charge >= 0.3 is 5.97 Å². The predicted molar refractivity (Wildman–Crippen MR) is 98.9 cm³/mol. The third-order valence-electron chi connectivity index (χ3n) is 3.47. The minimum atomic E-state index is -4.03. The first-order chi connectivity index (χ1) is 12.1. The van der Waals surface area contributed by atoms with Crippen molar-refractivity contribution in [2.45, 2.75) is 31.3 Å². The van der Waals surface area contributed by atoms with Gasteiger partial charge in [0.1, 0.15) is 16.4 Å². The zero-order valence-corrected chi connectivity index (χ0v) is 16.0. The Balaban J connectivity index is 2.29. The highest BCUT2D eigenvalue weighted by Crippen LogP contribution is 2.27. The molecule has 8 heteroatoms. The molecule has 0 amide bonds. The van der Waals surface area contributed by atoms with Gasteiger partial charge in [-0.25, -0.2) is 22.2 Å². The molecular formula is C18H17ClN2O4S. The maximum atomic E-state index is 13.2. The molecule has 0 atom stereocenters. The van der Waals surface area contributed by atoms with Gasteiger partial charge in [-0.2, -0.15) is 0 Å². The van der Waals surface area contributed by atoms with E-state index >= 15 is 0 Å². The van der Waals surface area contributed by atoms with E-state index in [4.69, 9.17) is 16.3 Å². The van der Waals surface area contributed by atoms with Crippen molar-refractivity contribution in [1.82, 2.24) is 8.96 Å². The highest BCUT2D eigenvalue weighted by atomic mass is 35.5. The first-order valence-corrected chi connectivity index (χ1v) is 9.63. The molecule has 2 aromatic heterocycles. The quantitative estimate of drug-likeness (QED) is 0.499. The van der Waals surface area contributed by atoms with Crippen LogP contribution in [0.25, 0.3) is 11.0 Å². The Labute approximate surface area is 156 Å². The van der Waals surface area contributed by atoms with Crippen LogP contribution in [0.15, 0.2) is 53.4 Å². The maximum absolute atomic E-state index is 13.2. The molecule has 3 rings (SSSR count). The molecule has 2 heterocycles. The van der Waals surface area contributed by atoms with Gasteiger partial charge in [-0.05, 0) is 51.1 Å². The van der Waals surface area contributed by atoms with Crippen molar-refractivity contribution < 1.29 is 17.9 Å². The first-order valence-electron chi connectivity index (χ1n) is 7.81. The van der Waals surface area contributed by atoms with Crippen molar-refractivity contribution in [2.24, 2.45) is 0 Å². The lowest BCUT2D eigenvalue weighted by Crippen LogP contribution is -2.27. The fourth-order valence-corrected chi connectivity index (χ4v) is 4.13. The second kappa shape index (κ2) is 6.41. The number of fused-ring (bicyclic) bond motifs is 1. The maximum Gasteiger partial charge on any atom is 0.356 e. The van der Waals surface area contributed by atoms with E-state index in [0.29, 0.717) is 0 Å². The average Bonchev–Trinajstić information content (AvgIpc) is 2.93. The molecule has 0 unspecified atom stereocenters. The Morgan fingerprint density at radius 3 is 2.38 bits per heavy atom. The zero-order chi connectivity index (χ0) is 19.1. The number of carbonyl (C=O) groups is 1. The molecule has 26 heavy (non-hydrogen) atoms. The summed E-state index contributed by atoms with van der Waals surface area (Å²) >= 11 is 5.91. The zero-order valence-electron chi connectivity index (χ0n) is 14.4. The Morgan fingerprint density at radius 1 is 1.12 bits per heavy atom. The molecule has 136 valence electrons. The molecule has 0 saturated heterocycles. The van der Waals surface area contributed by atoms with Crippen LogP contribution in [0.3, 0.4) is 0 Å². The number of carbonyl (C=O) groups excluding carboxylic acids is 1. The van der Waals surface area contributed by atoms with Crippen molar-refractivity contribution in [1.29, 1.82) is 0 Å². The predicted octanol–water partition coefficient (Wildman–Crippen LogP) is 3.88. The number of halogens is 1. The monoisotopic (exact) mass is 392 g/mol. The van der Waals surface area contributed by atoms with Gasteiger partial charge in [0, 0.05) is 0 Å². The fourth-order valence-electron chi connectivity index (χ4n) is 2.47. The van der Waals surface area contributed by atoms with Crippen LogP contribution in [0.5, 0.6) is 0 Å². The lowest BCUT2D eigenvalue weighted by Gasteiger charge is -2.20. The average molecular weight is 393 g/mol. The van der Waals surface area contributed by atoms with Gasteiger partial charge in [0.25, 0.3) is 10.0 Å². The number of hydrogen-bond acceptors (Lipinski definition) is 5. The second-order valence-corrected chi connectivity index (χ2v) is 8.83. The standard InChI is InChI=1S/C18H17ClN2O4S/c1-18(2,3)25-17(22)15-11-13-14(9-10-16(19)20-13)21(15)26(23,24)12-7-5-4-6-8-12/h4-11H,1-3H3. The summed E-state index contributed by atoms with van der Waals surface area (Å²) in [5, 5.41) is 0.197. The van der Waals surface area contributed by atoms with Gasteiger partial charge in [0.15, 0.2) is 0 Å². The van der Waals surface area contributed by atoms with Crippen molar-refractivity contribution >= 4 is 38.6 Å². The summed E-state index contributed by atoms with van der Waals surface area (Å²) < 4.78 is 32.7. The number of esters is 1. The largest absolute Gasteiger partial charge is 0.455 e. The SMILES string of the molecule is CC(C)(C)OC(=O)c1cc2nc(Cl)ccc2n1S(=O)(=O)c1ccccc1. The van der Waals surface area contributed by atoms with E-state index in [0.717, 1.165) is 3.97 Å².